The van der Waals surface area contributed by atoms with Crippen LogP contribution in [0.25, 0.3) is 0 Å². The largest absolute Gasteiger partial charge is 0.472 e. The van der Waals surface area contributed by atoms with Crippen molar-refractivity contribution >= 4 is 39.5 Å². The second-order valence-electron chi connectivity index (χ2n) is 35.0. The van der Waals surface area contributed by atoms with Gasteiger partial charge in [0.25, 0.3) is 0 Å². The maximum atomic E-state index is 13.2. The molecule has 0 rings (SSSR count). The second-order valence-corrected chi connectivity index (χ2v) is 37.9. The average Bonchev–Trinajstić information content (AvgIpc) is 0.901. The van der Waals surface area contributed by atoms with Crippen LogP contribution in [0.3, 0.4) is 0 Å². The molecule has 0 saturated heterocycles. The van der Waals surface area contributed by atoms with E-state index in [0.29, 0.717) is 25.7 Å². The van der Waals surface area contributed by atoms with Crippen molar-refractivity contribution in [2.75, 3.05) is 39.6 Å². The number of carbonyl (C=O) groups is 4. The van der Waals surface area contributed by atoms with Gasteiger partial charge in [0, 0.05) is 25.7 Å². The van der Waals surface area contributed by atoms with Crippen molar-refractivity contribution in [1.29, 1.82) is 0 Å². The average molecular weight is 1650 g/mol. The van der Waals surface area contributed by atoms with Gasteiger partial charge in [0.2, 0.25) is 0 Å². The molecule has 0 radical (unpaired) electrons. The highest BCUT2D eigenvalue weighted by Crippen LogP contribution is 2.45. The smallest absolute Gasteiger partial charge is 0.462 e. The molecule has 0 aromatic carbocycles. The molecule has 0 heterocycles. The van der Waals surface area contributed by atoms with Crippen LogP contribution in [0.5, 0.6) is 0 Å². The molecule has 19 heteroatoms. The molecule has 672 valence electrons. The Kier molecular flexibility index (Phi) is 81.0. The summed E-state index contributed by atoms with van der Waals surface area (Å²) in [6.07, 6.45) is 74.9. The number of unbranched alkanes of at least 4 members (excludes halogenated alkanes) is 54. The molecule has 0 spiro atoms. The van der Waals surface area contributed by atoms with Crippen LogP contribution >= 0.6 is 15.6 Å². The Morgan fingerprint density at radius 2 is 0.425 bits per heavy atom. The summed E-state index contributed by atoms with van der Waals surface area (Å²) in [5, 5.41) is 10.7. The summed E-state index contributed by atoms with van der Waals surface area (Å²) in [4.78, 5) is 73.5. The highest BCUT2D eigenvalue weighted by atomic mass is 31.2. The first-order valence-corrected chi connectivity index (χ1v) is 51.3. The van der Waals surface area contributed by atoms with Gasteiger partial charge in [0.05, 0.1) is 26.4 Å². The minimum absolute atomic E-state index is 0.107. The number of phosphoric acid groups is 2. The highest BCUT2D eigenvalue weighted by Gasteiger charge is 2.31. The monoisotopic (exact) mass is 1650 g/mol. The van der Waals surface area contributed by atoms with Crippen LogP contribution in [0.4, 0.5) is 0 Å². The van der Waals surface area contributed by atoms with Crippen LogP contribution in [-0.2, 0) is 65.4 Å². The Balaban J connectivity index is 5.25. The maximum Gasteiger partial charge on any atom is 0.472 e. The van der Waals surface area contributed by atoms with E-state index in [0.717, 1.165) is 114 Å². The van der Waals surface area contributed by atoms with E-state index < -0.39 is 97.5 Å². The molecular weight excluding hydrogens is 1460 g/mol. The van der Waals surface area contributed by atoms with Crippen molar-refractivity contribution in [2.45, 2.75) is 517 Å². The van der Waals surface area contributed by atoms with Gasteiger partial charge in [-0.3, -0.25) is 37.3 Å². The number of rotatable bonds is 91. The van der Waals surface area contributed by atoms with Crippen LogP contribution in [0.15, 0.2) is 0 Å². The molecule has 0 aliphatic rings. The number of aliphatic hydroxyl groups excluding tert-OH is 1. The minimum Gasteiger partial charge on any atom is -0.462 e. The topological polar surface area (TPSA) is 237 Å². The summed E-state index contributed by atoms with van der Waals surface area (Å²) < 4.78 is 69.2. The summed E-state index contributed by atoms with van der Waals surface area (Å²) in [6, 6.07) is 0. The molecule has 0 aliphatic heterocycles. The summed E-state index contributed by atoms with van der Waals surface area (Å²) in [7, 11) is -9.94. The zero-order valence-corrected chi connectivity index (χ0v) is 76.8. The fraction of sp³-hybridized carbons (Fsp3) is 0.957. The van der Waals surface area contributed by atoms with E-state index in [1.165, 1.54) is 302 Å². The first kappa shape index (κ1) is 111. The van der Waals surface area contributed by atoms with Gasteiger partial charge in [-0.25, -0.2) is 9.13 Å². The zero-order chi connectivity index (χ0) is 83.0. The molecule has 8 atom stereocenters. The molecule has 0 saturated carbocycles. The first-order chi connectivity index (χ1) is 54.7. The number of ether oxygens (including phenoxy) is 4. The SMILES string of the molecule is CCC(C)CCCCCCCCCCCCCCCCCCCCC(=O)OC[C@H](COP(=O)(O)OC[C@@H](O)COP(=O)(O)OC[C@@H](COC(=O)CCCCCCCCCCC(C)CC)OC(=O)CCCCCCCCCCCCCCCCC(C)C)OC(=O)CCCCCCCCCCCCCCCCCCCCC(C)CC. The molecular formula is C94H184O17P2. The van der Waals surface area contributed by atoms with Gasteiger partial charge in [0.15, 0.2) is 12.2 Å². The fourth-order valence-corrected chi connectivity index (χ4v) is 16.2. The Bertz CT molecular complexity index is 2190. The third-order valence-electron chi connectivity index (χ3n) is 23.2. The van der Waals surface area contributed by atoms with E-state index in [2.05, 4.69) is 55.4 Å². The lowest BCUT2D eigenvalue weighted by Crippen LogP contribution is -2.30. The van der Waals surface area contributed by atoms with Crippen LogP contribution < -0.4 is 0 Å². The van der Waals surface area contributed by atoms with E-state index in [1.807, 2.05) is 0 Å². The number of hydrogen-bond donors (Lipinski definition) is 3. The van der Waals surface area contributed by atoms with Gasteiger partial charge in [-0.05, 0) is 49.4 Å². The summed E-state index contributed by atoms with van der Waals surface area (Å²) >= 11 is 0. The number of carbonyl (C=O) groups excluding carboxylic acids is 4. The van der Waals surface area contributed by atoms with E-state index >= 15 is 0 Å². The lowest BCUT2D eigenvalue weighted by atomic mass is 9.99. The summed E-state index contributed by atoms with van der Waals surface area (Å²) in [5.74, 6) is 1.22. The Labute approximate surface area is 696 Å². The van der Waals surface area contributed by atoms with Crippen LogP contribution in [0, 0.1) is 23.7 Å². The van der Waals surface area contributed by atoms with Gasteiger partial charge in [-0.2, -0.15) is 0 Å². The second kappa shape index (κ2) is 82.4. The van der Waals surface area contributed by atoms with Crippen LogP contribution in [-0.4, -0.2) is 96.7 Å². The number of aliphatic hydroxyl groups is 1. The molecule has 0 aromatic heterocycles. The van der Waals surface area contributed by atoms with E-state index in [-0.39, 0.29) is 25.7 Å². The molecule has 0 aromatic rings. The summed E-state index contributed by atoms with van der Waals surface area (Å²) in [6.45, 7) is 14.5. The molecule has 0 bridgehead atoms. The third-order valence-corrected chi connectivity index (χ3v) is 25.1. The van der Waals surface area contributed by atoms with E-state index in [4.69, 9.17) is 37.0 Å². The molecule has 0 fully saturated rings. The predicted molar refractivity (Wildman–Crippen MR) is 469 cm³/mol. The van der Waals surface area contributed by atoms with Gasteiger partial charge >= 0.3 is 39.5 Å². The molecule has 3 N–H and O–H groups in total. The molecule has 17 nitrogen and oxygen atoms in total. The molecule has 0 amide bonds. The Morgan fingerprint density at radius 1 is 0.248 bits per heavy atom. The van der Waals surface area contributed by atoms with Crippen molar-refractivity contribution in [2.24, 2.45) is 23.7 Å². The number of hydrogen-bond acceptors (Lipinski definition) is 15. The normalized spacial score (nSPS) is 14.5. The van der Waals surface area contributed by atoms with Gasteiger partial charge in [0.1, 0.15) is 19.3 Å². The quantitative estimate of drug-likeness (QED) is 0.0222. The van der Waals surface area contributed by atoms with Crippen molar-refractivity contribution < 1.29 is 80.2 Å². The highest BCUT2D eigenvalue weighted by molar-refractivity contribution is 7.47. The number of phosphoric ester groups is 2. The van der Waals surface area contributed by atoms with Crippen molar-refractivity contribution in [3.63, 3.8) is 0 Å². The minimum atomic E-state index is -4.97. The van der Waals surface area contributed by atoms with Gasteiger partial charge < -0.3 is 33.8 Å². The van der Waals surface area contributed by atoms with E-state index in [1.54, 1.807) is 0 Å². The lowest BCUT2D eigenvalue weighted by Gasteiger charge is -2.21. The first-order valence-electron chi connectivity index (χ1n) is 48.3. The molecule has 0 aliphatic carbocycles. The lowest BCUT2D eigenvalue weighted by molar-refractivity contribution is -0.161. The Morgan fingerprint density at radius 3 is 0.628 bits per heavy atom. The fourth-order valence-electron chi connectivity index (χ4n) is 14.6. The van der Waals surface area contributed by atoms with Crippen LogP contribution in [0.1, 0.15) is 498 Å². The van der Waals surface area contributed by atoms with Crippen molar-refractivity contribution in [3.05, 3.63) is 0 Å². The van der Waals surface area contributed by atoms with E-state index in [9.17, 15) is 43.2 Å². The molecule has 113 heavy (non-hydrogen) atoms. The third kappa shape index (κ3) is 83.5. The number of esters is 4. The molecule has 5 unspecified atom stereocenters. The van der Waals surface area contributed by atoms with Gasteiger partial charge in [-0.15, -0.1) is 0 Å². The van der Waals surface area contributed by atoms with Gasteiger partial charge in [-0.1, -0.05) is 447 Å². The summed E-state index contributed by atoms with van der Waals surface area (Å²) in [5.41, 5.74) is 0. The predicted octanol–water partition coefficient (Wildman–Crippen LogP) is 29.1. The van der Waals surface area contributed by atoms with Crippen molar-refractivity contribution in [1.82, 2.24) is 0 Å². The standard InChI is InChI=1S/C94H184O17P2/c1-9-85(6)71-63-55-47-39-33-27-20-16-12-14-18-22-29-35-41-50-58-66-74-91(96)104-80-89(110-93(98)76-68-60-52-42-36-30-23-19-15-13-17-21-28-34-40-48-56-64-72-86(7)10-2)82-108-112(100,101)106-78-88(95)79-107-113(102,103)109-83-90(81-105-92(97)75-67-59-51-45-44-49-57-65-73-87(8)11-3)111-94(99)77-69-61-53-43-37-31-25-24-26-32-38-46-54-62-70-84(4)5/h84-90,95H,9-83H2,1-8H3,(H,100,101)(H,102,103)/t85?,86?,87?,88-,89-,90-/m1/s1. The maximum absolute atomic E-state index is 13.2. The zero-order valence-electron chi connectivity index (χ0n) is 75.0. The van der Waals surface area contributed by atoms with Crippen LogP contribution in [0.2, 0.25) is 0 Å². The Hall–Kier alpha value is -1.94. The van der Waals surface area contributed by atoms with Crippen molar-refractivity contribution in [3.8, 4) is 0 Å².